The smallest absolute Gasteiger partial charge is 0.330 e. The number of rotatable bonds is 4. The van der Waals surface area contributed by atoms with Gasteiger partial charge in [-0.1, -0.05) is 36.4 Å². The number of nitrogens with zero attached hydrogens (tertiary/aromatic N) is 2. The van der Waals surface area contributed by atoms with Gasteiger partial charge in [0.25, 0.3) is 5.56 Å². The summed E-state index contributed by atoms with van der Waals surface area (Å²) in [5.74, 6) is 0. The number of H-pyrrole nitrogens is 1. The number of benzene rings is 2. The second-order valence-electron chi connectivity index (χ2n) is 6.02. The summed E-state index contributed by atoms with van der Waals surface area (Å²) >= 11 is 0. The van der Waals surface area contributed by atoms with Gasteiger partial charge >= 0.3 is 5.69 Å². The fourth-order valence-electron chi connectivity index (χ4n) is 3.19. The van der Waals surface area contributed by atoms with E-state index in [-0.39, 0.29) is 0 Å². The Hall–Kier alpha value is -3.25. The Bertz CT molecular complexity index is 1220. The van der Waals surface area contributed by atoms with Crippen molar-refractivity contribution >= 4 is 21.8 Å². The first kappa shape index (κ1) is 16.2. The van der Waals surface area contributed by atoms with Crippen molar-refractivity contribution in [1.29, 1.82) is 0 Å². The van der Waals surface area contributed by atoms with Crippen LogP contribution in [0.25, 0.3) is 32.9 Å². The van der Waals surface area contributed by atoms with Gasteiger partial charge in [-0.05, 0) is 34.0 Å². The monoisotopic (exact) mass is 347 g/mol. The first-order valence-electron chi connectivity index (χ1n) is 8.29. The van der Waals surface area contributed by atoms with Gasteiger partial charge in [0.05, 0.1) is 18.5 Å². The second-order valence-corrected chi connectivity index (χ2v) is 6.02. The number of fused-ring (bicyclic) bond motifs is 2. The van der Waals surface area contributed by atoms with Gasteiger partial charge in [-0.15, -0.1) is 0 Å². The molecule has 0 aliphatic heterocycles. The van der Waals surface area contributed by atoms with Crippen molar-refractivity contribution < 1.29 is 4.74 Å². The number of methoxy groups -OCH3 is 1. The van der Waals surface area contributed by atoms with Crippen LogP contribution in [0.1, 0.15) is 0 Å². The first-order valence-corrected chi connectivity index (χ1v) is 8.29. The zero-order valence-electron chi connectivity index (χ0n) is 14.2. The highest BCUT2D eigenvalue weighted by atomic mass is 16.5. The van der Waals surface area contributed by atoms with Gasteiger partial charge in [0.1, 0.15) is 5.65 Å². The van der Waals surface area contributed by atoms with E-state index in [1.165, 1.54) is 4.57 Å². The van der Waals surface area contributed by atoms with Gasteiger partial charge in [0, 0.05) is 13.3 Å². The summed E-state index contributed by atoms with van der Waals surface area (Å²) in [4.78, 5) is 31.4. The van der Waals surface area contributed by atoms with Gasteiger partial charge in [-0.2, -0.15) is 0 Å². The van der Waals surface area contributed by atoms with Crippen LogP contribution in [0.2, 0.25) is 0 Å². The molecule has 0 atom stereocenters. The van der Waals surface area contributed by atoms with Crippen LogP contribution in [0.5, 0.6) is 0 Å². The average Bonchev–Trinajstić information content (AvgIpc) is 2.67. The van der Waals surface area contributed by atoms with Gasteiger partial charge in [0.15, 0.2) is 0 Å². The lowest BCUT2D eigenvalue weighted by Gasteiger charge is -2.11. The van der Waals surface area contributed by atoms with Gasteiger partial charge in [-0.25, -0.2) is 9.78 Å². The molecule has 0 aliphatic rings. The highest BCUT2D eigenvalue weighted by Crippen LogP contribution is 2.27. The standard InChI is InChI=1S/C20H17N3O3/c1-26-11-10-23-18-17(19(24)22-20(23)25)16(8-9-21-18)15-7-6-13-4-2-3-5-14(13)12-15/h2-9,12H,10-11H2,1H3,(H,22,24,25). The lowest BCUT2D eigenvalue weighted by Crippen LogP contribution is -2.32. The lowest BCUT2D eigenvalue weighted by atomic mass is 10.00. The summed E-state index contributed by atoms with van der Waals surface area (Å²) < 4.78 is 6.50. The molecule has 130 valence electrons. The van der Waals surface area contributed by atoms with Crippen molar-refractivity contribution in [3.8, 4) is 11.1 Å². The Morgan fingerprint density at radius 2 is 1.88 bits per heavy atom. The minimum atomic E-state index is -0.484. The molecule has 2 aromatic carbocycles. The van der Waals surface area contributed by atoms with Gasteiger partial charge < -0.3 is 4.74 Å². The molecule has 0 unspecified atom stereocenters. The maximum absolute atomic E-state index is 12.5. The fraction of sp³-hybridized carbons (Fsp3) is 0.150. The highest BCUT2D eigenvalue weighted by molar-refractivity contribution is 5.95. The van der Waals surface area contributed by atoms with Crippen LogP contribution >= 0.6 is 0 Å². The molecule has 6 nitrogen and oxygen atoms in total. The topological polar surface area (TPSA) is 77.0 Å². The molecule has 0 spiro atoms. The molecule has 0 saturated heterocycles. The maximum Gasteiger partial charge on any atom is 0.330 e. The summed E-state index contributed by atoms with van der Waals surface area (Å²) in [7, 11) is 1.56. The molecule has 26 heavy (non-hydrogen) atoms. The fourth-order valence-corrected chi connectivity index (χ4v) is 3.19. The van der Waals surface area contributed by atoms with E-state index in [0.717, 1.165) is 21.9 Å². The number of ether oxygens (including phenoxy) is 1. The van der Waals surface area contributed by atoms with Crippen molar-refractivity contribution in [1.82, 2.24) is 14.5 Å². The van der Waals surface area contributed by atoms with Crippen molar-refractivity contribution in [2.75, 3.05) is 13.7 Å². The molecule has 0 saturated carbocycles. The third-order valence-electron chi connectivity index (χ3n) is 4.46. The average molecular weight is 347 g/mol. The second kappa shape index (κ2) is 6.57. The SMILES string of the molecule is COCCn1c(=O)[nH]c(=O)c2c(-c3ccc4ccccc4c3)ccnc21. The quantitative estimate of drug-likeness (QED) is 0.615. The predicted molar refractivity (Wildman–Crippen MR) is 101 cm³/mol. The minimum absolute atomic E-state index is 0.316. The Morgan fingerprint density at radius 1 is 1.08 bits per heavy atom. The molecule has 0 bridgehead atoms. The molecule has 4 aromatic rings. The molecular formula is C20H17N3O3. The van der Waals surface area contributed by atoms with Crippen molar-refractivity contribution in [3.05, 3.63) is 75.6 Å². The summed E-state index contributed by atoms with van der Waals surface area (Å²) in [6.45, 7) is 0.666. The number of hydrogen-bond acceptors (Lipinski definition) is 4. The number of hydrogen-bond donors (Lipinski definition) is 1. The van der Waals surface area contributed by atoms with E-state index in [0.29, 0.717) is 24.2 Å². The normalized spacial score (nSPS) is 11.3. The largest absolute Gasteiger partial charge is 0.383 e. The number of aromatic amines is 1. The molecule has 2 aromatic heterocycles. The molecule has 6 heteroatoms. The van der Waals surface area contributed by atoms with E-state index in [1.807, 2.05) is 42.5 Å². The molecule has 0 fully saturated rings. The van der Waals surface area contributed by atoms with E-state index in [1.54, 1.807) is 19.4 Å². The Labute approximate surface area is 148 Å². The van der Waals surface area contributed by atoms with Crippen molar-refractivity contribution in [2.24, 2.45) is 0 Å². The first-order chi connectivity index (χ1) is 12.7. The molecule has 0 aliphatic carbocycles. The van der Waals surface area contributed by atoms with Crippen LogP contribution in [0.3, 0.4) is 0 Å². The van der Waals surface area contributed by atoms with Crippen LogP contribution in [0, 0.1) is 0 Å². The van der Waals surface area contributed by atoms with E-state index < -0.39 is 11.2 Å². The van der Waals surface area contributed by atoms with E-state index in [4.69, 9.17) is 4.74 Å². The molecule has 4 rings (SSSR count). The molecule has 0 amide bonds. The highest BCUT2D eigenvalue weighted by Gasteiger charge is 2.14. The predicted octanol–water partition coefficient (Wildman–Crippen LogP) is 2.55. The van der Waals surface area contributed by atoms with Crippen LogP contribution in [0.4, 0.5) is 0 Å². The maximum atomic E-state index is 12.5. The number of pyridine rings is 1. The zero-order valence-corrected chi connectivity index (χ0v) is 14.2. The number of aromatic nitrogens is 3. The van der Waals surface area contributed by atoms with E-state index >= 15 is 0 Å². The Morgan fingerprint density at radius 3 is 2.69 bits per heavy atom. The number of nitrogens with one attached hydrogen (secondary N) is 1. The molecular weight excluding hydrogens is 330 g/mol. The molecule has 1 N–H and O–H groups in total. The van der Waals surface area contributed by atoms with Crippen molar-refractivity contribution in [2.45, 2.75) is 6.54 Å². The van der Waals surface area contributed by atoms with Crippen LogP contribution in [-0.2, 0) is 11.3 Å². The zero-order chi connectivity index (χ0) is 18.1. The third-order valence-corrected chi connectivity index (χ3v) is 4.46. The van der Waals surface area contributed by atoms with Gasteiger partial charge in [0.2, 0.25) is 0 Å². The third kappa shape index (κ3) is 2.70. The summed E-state index contributed by atoms with van der Waals surface area (Å²) in [5.41, 5.74) is 1.09. The summed E-state index contributed by atoms with van der Waals surface area (Å²) in [6, 6.07) is 15.9. The molecule has 2 heterocycles. The van der Waals surface area contributed by atoms with Crippen LogP contribution in [0.15, 0.2) is 64.3 Å². The molecule has 0 radical (unpaired) electrons. The minimum Gasteiger partial charge on any atom is -0.383 e. The van der Waals surface area contributed by atoms with E-state index in [9.17, 15) is 9.59 Å². The van der Waals surface area contributed by atoms with Crippen LogP contribution < -0.4 is 11.2 Å². The summed E-state index contributed by atoms with van der Waals surface area (Å²) in [5, 5.41) is 2.61. The summed E-state index contributed by atoms with van der Waals surface area (Å²) in [6.07, 6.45) is 1.62. The van der Waals surface area contributed by atoms with E-state index in [2.05, 4.69) is 9.97 Å². The Balaban J connectivity index is 2.00. The van der Waals surface area contributed by atoms with Crippen molar-refractivity contribution in [3.63, 3.8) is 0 Å². The Kier molecular flexibility index (Phi) is 4.10. The lowest BCUT2D eigenvalue weighted by molar-refractivity contribution is 0.187. The van der Waals surface area contributed by atoms with Gasteiger partial charge in [-0.3, -0.25) is 14.3 Å². The van der Waals surface area contributed by atoms with Crippen LogP contribution in [-0.4, -0.2) is 28.3 Å².